The van der Waals surface area contributed by atoms with Crippen LogP contribution in [0.4, 0.5) is 0 Å². The van der Waals surface area contributed by atoms with Crippen molar-refractivity contribution in [1.29, 1.82) is 10.5 Å². The molecule has 0 aliphatic rings. The third-order valence-corrected chi connectivity index (χ3v) is 4.00. The molecule has 0 aliphatic carbocycles. The van der Waals surface area contributed by atoms with Gasteiger partial charge in [-0.1, -0.05) is 12.1 Å². The number of nitriles is 2. The van der Waals surface area contributed by atoms with Gasteiger partial charge in [0.05, 0.1) is 23.2 Å². The van der Waals surface area contributed by atoms with Gasteiger partial charge in [-0.2, -0.15) is 10.5 Å². The second kappa shape index (κ2) is 8.70. The molecule has 2 aromatic carbocycles. The second-order valence-electron chi connectivity index (χ2n) is 5.17. The van der Waals surface area contributed by atoms with E-state index >= 15 is 0 Å². The summed E-state index contributed by atoms with van der Waals surface area (Å²) in [5.74, 6) is 0.108. The first-order valence-corrected chi connectivity index (χ1v) is 8.18. The molecule has 0 aliphatic heterocycles. The quantitative estimate of drug-likeness (QED) is 0.579. The van der Waals surface area contributed by atoms with Crippen LogP contribution in [0.1, 0.15) is 16.7 Å². The van der Waals surface area contributed by atoms with Crippen LogP contribution < -0.4 is 15.2 Å². The smallest absolute Gasteiger partial charge is 0.259 e. The topological polar surface area (TPSA) is 109 Å². The van der Waals surface area contributed by atoms with Gasteiger partial charge in [-0.05, 0) is 57.4 Å². The Kier molecular flexibility index (Phi) is 6.37. The minimum Gasteiger partial charge on any atom is -0.493 e. The van der Waals surface area contributed by atoms with Crippen LogP contribution in [0.3, 0.4) is 0 Å². The lowest BCUT2D eigenvalue weighted by molar-refractivity contribution is -0.114. The Morgan fingerprint density at radius 3 is 2.50 bits per heavy atom. The molecule has 0 saturated heterocycles. The lowest BCUT2D eigenvalue weighted by Gasteiger charge is -2.14. The molecule has 130 valence electrons. The molecule has 26 heavy (non-hydrogen) atoms. The number of methoxy groups -OCH3 is 1. The van der Waals surface area contributed by atoms with E-state index in [0.29, 0.717) is 27.1 Å². The van der Waals surface area contributed by atoms with Crippen molar-refractivity contribution in [3.05, 3.63) is 63.1 Å². The molecule has 1 amide bonds. The van der Waals surface area contributed by atoms with E-state index in [1.807, 2.05) is 12.1 Å². The van der Waals surface area contributed by atoms with Crippen LogP contribution in [0.5, 0.6) is 11.5 Å². The minimum atomic E-state index is -0.802. The summed E-state index contributed by atoms with van der Waals surface area (Å²) < 4.78 is 11.8. The average molecular weight is 412 g/mol. The highest BCUT2D eigenvalue weighted by Gasteiger charge is 2.13. The summed E-state index contributed by atoms with van der Waals surface area (Å²) >= 11 is 3.41. The van der Waals surface area contributed by atoms with Gasteiger partial charge >= 0.3 is 0 Å². The second-order valence-corrected chi connectivity index (χ2v) is 6.02. The van der Waals surface area contributed by atoms with Gasteiger partial charge < -0.3 is 15.2 Å². The fraction of sp³-hybridized carbons (Fsp3) is 0.105. The Morgan fingerprint density at radius 2 is 1.96 bits per heavy atom. The van der Waals surface area contributed by atoms with E-state index < -0.39 is 5.91 Å². The third-order valence-electron chi connectivity index (χ3n) is 3.41. The molecule has 0 heterocycles. The zero-order valence-corrected chi connectivity index (χ0v) is 15.4. The first-order chi connectivity index (χ1) is 12.5. The van der Waals surface area contributed by atoms with Crippen LogP contribution in [-0.4, -0.2) is 13.0 Å². The summed E-state index contributed by atoms with van der Waals surface area (Å²) in [4.78, 5) is 11.2. The summed E-state index contributed by atoms with van der Waals surface area (Å²) in [6, 6.07) is 14.2. The van der Waals surface area contributed by atoms with Crippen LogP contribution in [0.15, 0.2) is 46.4 Å². The highest BCUT2D eigenvalue weighted by Crippen LogP contribution is 2.37. The Bertz CT molecular complexity index is 938. The van der Waals surface area contributed by atoms with E-state index in [1.54, 1.807) is 30.3 Å². The lowest BCUT2D eigenvalue weighted by atomic mass is 10.1. The predicted octanol–water partition coefficient (Wildman–Crippen LogP) is 3.30. The molecular formula is C19H14BrN3O3. The van der Waals surface area contributed by atoms with Crippen molar-refractivity contribution in [2.45, 2.75) is 6.61 Å². The summed E-state index contributed by atoms with van der Waals surface area (Å²) in [5.41, 5.74) is 7.02. The lowest BCUT2D eigenvalue weighted by Crippen LogP contribution is -2.12. The summed E-state index contributed by atoms with van der Waals surface area (Å²) in [6.45, 7) is 0.278. The van der Waals surface area contributed by atoms with E-state index in [4.69, 9.17) is 25.7 Å². The number of nitrogens with zero attached hydrogens (tertiary/aromatic N) is 2. The Balaban J connectivity index is 2.27. The highest BCUT2D eigenvalue weighted by atomic mass is 79.9. The van der Waals surface area contributed by atoms with Crippen LogP contribution in [0.25, 0.3) is 6.08 Å². The van der Waals surface area contributed by atoms with Crippen molar-refractivity contribution in [3.8, 4) is 23.6 Å². The van der Waals surface area contributed by atoms with Crippen molar-refractivity contribution in [1.82, 2.24) is 0 Å². The molecule has 0 atom stereocenters. The molecule has 0 radical (unpaired) electrons. The van der Waals surface area contributed by atoms with Crippen molar-refractivity contribution in [2.75, 3.05) is 7.11 Å². The SMILES string of the molecule is COc1cc(/C=C(/C#N)C(N)=O)cc(Br)c1OCc1ccc(C#N)cc1. The first kappa shape index (κ1) is 19.0. The predicted molar refractivity (Wildman–Crippen MR) is 99.0 cm³/mol. The Labute approximate surface area is 159 Å². The number of rotatable bonds is 6. The summed E-state index contributed by atoms with van der Waals surface area (Å²) in [6.07, 6.45) is 1.38. The number of carbonyl (C=O) groups is 1. The largest absolute Gasteiger partial charge is 0.493 e. The van der Waals surface area contributed by atoms with E-state index in [-0.39, 0.29) is 12.2 Å². The van der Waals surface area contributed by atoms with E-state index in [0.717, 1.165) is 5.56 Å². The number of halogens is 1. The fourth-order valence-electron chi connectivity index (χ4n) is 2.12. The molecule has 0 bridgehead atoms. The van der Waals surface area contributed by atoms with Crippen LogP contribution >= 0.6 is 15.9 Å². The van der Waals surface area contributed by atoms with Gasteiger partial charge in [0.25, 0.3) is 5.91 Å². The van der Waals surface area contributed by atoms with Crippen LogP contribution in [0.2, 0.25) is 0 Å². The average Bonchev–Trinajstić information content (AvgIpc) is 2.64. The van der Waals surface area contributed by atoms with Gasteiger partial charge in [-0.25, -0.2) is 0 Å². The van der Waals surface area contributed by atoms with Crippen LogP contribution in [-0.2, 0) is 11.4 Å². The number of hydrogen-bond acceptors (Lipinski definition) is 5. The monoisotopic (exact) mass is 411 g/mol. The van der Waals surface area contributed by atoms with E-state index in [1.165, 1.54) is 13.2 Å². The maximum Gasteiger partial charge on any atom is 0.259 e. The number of primary amides is 1. The van der Waals surface area contributed by atoms with Gasteiger partial charge in [0.2, 0.25) is 0 Å². The maximum atomic E-state index is 11.2. The standard InChI is InChI=1S/C19H14BrN3O3/c1-25-17-8-14(6-15(10-22)19(23)24)7-16(20)18(17)26-11-13-4-2-12(9-21)3-5-13/h2-8H,11H2,1H3,(H2,23,24)/b15-6-. The molecule has 0 fully saturated rings. The number of nitrogens with two attached hydrogens (primary N) is 1. The maximum absolute atomic E-state index is 11.2. The number of hydrogen-bond donors (Lipinski definition) is 1. The van der Waals surface area contributed by atoms with Gasteiger partial charge in [0.1, 0.15) is 18.2 Å². The van der Waals surface area contributed by atoms with Crippen molar-refractivity contribution in [3.63, 3.8) is 0 Å². The van der Waals surface area contributed by atoms with Gasteiger partial charge in [0.15, 0.2) is 11.5 Å². The number of carbonyl (C=O) groups excluding carboxylic acids is 1. The molecule has 7 heteroatoms. The molecule has 0 unspecified atom stereocenters. The molecule has 0 aromatic heterocycles. The number of ether oxygens (including phenoxy) is 2. The number of amides is 1. The molecule has 2 aromatic rings. The molecule has 2 N–H and O–H groups in total. The zero-order chi connectivity index (χ0) is 19.1. The molecule has 2 rings (SSSR count). The fourth-order valence-corrected chi connectivity index (χ4v) is 2.69. The third kappa shape index (κ3) is 4.62. The molecule has 6 nitrogen and oxygen atoms in total. The number of benzene rings is 2. The van der Waals surface area contributed by atoms with Crippen molar-refractivity contribution >= 4 is 27.9 Å². The Hall–Kier alpha value is -3.29. The summed E-state index contributed by atoms with van der Waals surface area (Å²) in [7, 11) is 1.49. The molecular weight excluding hydrogens is 398 g/mol. The Morgan fingerprint density at radius 1 is 1.27 bits per heavy atom. The van der Waals surface area contributed by atoms with Gasteiger partial charge in [-0.15, -0.1) is 0 Å². The summed E-state index contributed by atoms with van der Waals surface area (Å²) in [5, 5.41) is 17.8. The molecule has 0 saturated carbocycles. The van der Waals surface area contributed by atoms with E-state index in [9.17, 15) is 4.79 Å². The van der Waals surface area contributed by atoms with E-state index in [2.05, 4.69) is 22.0 Å². The van der Waals surface area contributed by atoms with Crippen molar-refractivity contribution in [2.24, 2.45) is 5.73 Å². The van der Waals surface area contributed by atoms with Crippen molar-refractivity contribution < 1.29 is 14.3 Å². The zero-order valence-electron chi connectivity index (χ0n) is 13.8. The molecule has 0 spiro atoms. The minimum absolute atomic E-state index is 0.162. The normalized spacial score (nSPS) is 10.5. The first-order valence-electron chi connectivity index (χ1n) is 7.39. The van der Waals surface area contributed by atoms with Gasteiger partial charge in [-0.3, -0.25) is 4.79 Å². The highest BCUT2D eigenvalue weighted by molar-refractivity contribution is 9.10. The van der Waals surface area contributed by atoms with Crippen LogP contribution in [0, 0.1) is 22.7 Å². The van der Waals surface area contributed by atoms with Gasteiger partial charge in [0, 0.05) is 0 Å².